The fraction of sp³-hybridized carbons (Fsp3) is 0.417. The number of nitrogens with zero attached hydrogens (tertiary/aromatic N) is 5. The second-order valence-corrected chi connectivity index (χ2v) is 21.1. The number of nitrogens with one attached hydrogen (secondary N) is 2. The summed E-state index contributed by atoms with van der Waals surface area (Å²) in [6.07, 6.45) is 11.1. The van der Waals surface area contributed by atoms with Crippen molar-refractivity contribution in [3.8, 4) is 17.4 Å². The van der Waals surface area contributed by atoms with Crippen LogP contribution in [0.2, 0.25) is 10.0 Å². The maximum Gasteiger partial charge on any atom is 0.434 e. The summed E-state index contributed by atoms with van der Waals surface area (Å²) in [6.45, 7) is 8.97. The first-order chi connectivity index (χ1) is 31.1. The second-order valence-electron chi connectivity index (χ2n) is 18.6. The molecule has 4 aliphatic rings. The van der Waals surface area contributed by atoms with Gasteiger partial charge in [0.1, 0.15) is 27.1 Å². The maximum atomic E-state index is 13.9. The molecule has 2 aromatic carbocycles. The van der Waals surface area contributed by atoms with Crippen molar-refractivity contribution in [3.05, 3.63) is 111 Å². The van der Waals surface area contributed by atoms with Gasteiger partial charge in [-0.2, -0.15) is 0 Å². The van der Waals surface area contributed by atoms with E-state index in [0.29, 0.717) is 48.3 Å². The van der Waals surface area contributed by atoms with Gasteiger partial charge < -0.3 is 19.4 Å². The smallest absolute Gasteiger partial charge is 0.434 e. The minimum absolute atomic E-state index is 0.00218. The van der Waals surface area contributed by atoms with Crippen molar-refractivity contribution in [2.24, 2.45) is 11.3 Å². The van der Waals surface area contributed by atoms with Gasteiger partial charge >= 0.3 is 5.91 Å². The van der Waals surface area contributed by atoms with Crippen LogP contribution in [0, 0.1) is 16.2 Å². The van der Waals surface area contributed by atoms with Crippen LogP contribution < -0.4 is 19.1 Å². The molecule has 2 aliphatic carbocycles. The number of allylic oxidation sites excluding steroid dienone is 1. The van der Waals surface area contributed by atoms with E-state index in [1.807, 2.05) is 24.3 Å². The molecule has 1 spiro atoms. The van der Waals surface area contributed by atoms with Gasteiger partial charge in [0, 0.05) is 85.3 Å². The highest BCUT2D eigenvalue weighted by Crippen LogP contribution is 2.44. The van der Waals surface area contributed by atoms with Gasteiger partial charge in [0.25, 0.3) is 15.9 Å². The maximum absolute atomic E-state index is 13.9. The predicted octanol–water partition coefficient (Wildman–Crippen LogP) is 9.37. The summed E-state index contributed by atoms with van der Waals surface area (Å²) in [4.78, 5) is 54.3. The number of fused-ring (bicyclic) bond motifs is 1. The molecule has 5 heterocycles. The molecular formula is C48H52Cl2N7O7S+. The number of carbonyl (C=O) groups excluding carboxylic acids is 2. The van der Waals surface area contributed by atoms with Gasteiger partial charge in [-0.05, 0) is 97.0 Å². The van der Waals surface area contributed by atoms with E-state index in [-0.39, 0.29) is 57.4 Å². The largest absolute Gasteiger partial charge is 0.476 e. The summed E-state index contributed by atoms with van der Waals surface area (Å²) >= 11 is 12.7. The van der Waals surface area contributed by atoms with Gasteiger partial charge in [-0.15, -0.1) is 0 Å². The molecule has 17 heteroatoms. The Morgan fingerprint density at radius 1 is 0.938 bits per heavy atom. The normalized spacial score (nSPS) is 21.6. The number of hydrogen-bond donors (Lipinski definition) is 2. The van der Waals surface area contributed by atoms with Crippen LogP contribution in [0.15, 0.2) is 89.7 Å². The molecule has 2 aliphatic heterocycles. The molecule has 0 unspecified atom stereocenters. The average Bonchev–Trinajstić information content (AvgIpc) is 3.87. The lowest BCUT2D eigenvalue weighted by Crippen LogP contribution is -2.47. The SMILES string of the molecule is CC1(C)CCC(CN2CCN(c3ccc(C(=O)NS(=O)(=O)c4cnc(OC[C@H]5CC[C@@]6(CCC(=O)[N+]6=O)CC5)c(Cl)c4)c(Oc4cnc5[nH]ccc5c4)c3)CC2)=C(c2ccc(Cl)cc2)C1. The van der Waals surface area contributed by atoms with Crippen molar-refractivity contribution in [2.75, 3.05) is 44.2 Å². The van der Waals surface area contributed by atoms with Crippen molar-refractivity contribution in [3.63, 3.8) is 0 Å². The second kappa shape index (κ2) is 18.1. The number of halogens is 2. The van der Waals surface area contributed by atoms with Crippen molar-refractivity contribution < 1.29 is 32.2 Å². The zero-order valence-corrected chi connectivity index (χ0v) is 38.8. The Labute approximate surface area is 388 Å². The molecule has 3 fully saturated rings. The Kier molecular flexibility index (Phi) is 12.5. The molecule has 2 N–H and O–H groups in total. The van der Waals surface area contributed by atoms with E-state index in [0.717, 1.165) is 74.3 Å². The summed E-state index contributed by atoms with van der Waals surface area (Å²) in [7, 11) is -4.46. The summed E-state index contributed by atoms with van der Waals surface area (Å²) in [5.74, 6) is -0.554. The molecule has 340 valence electrons. The Bertz CT molecular complexity index is 2800. The number of piperazine rings is 1. The quantitative estimate of drug-likeness (QED) is 0.114. The number of nitroso groups, excluding NO2 is 1. The molecular weight excluding hydrogens is 890 g/mol. The summed E-state index contributed by atoms with van der Waals surface area (Å²) < 4.78 is 42.4. The molecule has 0 atom stereocenters. The number of amides is 2. The molecule has 2 amide bonds. The third-order valence-corrected chi connectivity index (χ3v) is 15.4. The zero-order valence-electron chi connectivity index (χ0n) is 36.4. The van der Waals surface area contributed by atoms with E-state index >= 15 is 0 Å². The highest BCUT2D eigenvalue weighted by Gasteiger charge is 2.57. The monoisotopic (exact) mass is 940 g/mol. The highest BCUT2D eigenvalue weighted by atomic mass is 35.5. The number of hydrogen-bond acceptors (Lipinski definition) is 11. The average molecular weight is 942 g/mol. The lowest BCUT2D eigenvalue weighted by atomic mass is 9.72. The lowest BCUT2D eigenvalue weighted by Gasteiger charge is -2.39. The van der Waals surface area contributed by atoms with Crippen LogP contribution in [-0.4, -0.2) is 89.7 Å². The molecule has 0 bridgehead atoms. The number of aromatic nitrogens is 3. The molecule has 5 aromatic rings. The van der Waals surface area contributed by atoms with Gasteiger partial charge in [-0.3, -0.25) is 9.69 Å². The van der Waals surface area contributed by atoms with Crippen LogP contribution >= 0.6 is 23.2 Å². The van der Waals surface area contributed by atoms with E-state index in [2.05, 4.69) is 55.5 Å². The first kappa shape index (κ1) is 44.8. The zero-order chi connectivity index (χ0) is 45.5. The summed E-state index contributed by atoms with van der Waals surface area (Å²) in [5.41, 5.74) is 5.25. The highest BCUT2D eigenvalue weighted by molar-refractivity contribution is 7.90. The fourth-order valence-corrected chi connectivity index (χ4v) is 11.1. The number of benzene rings is 2. The number of anilines is 1. The van der Waals surface area contributed by atoms with Gasteiger partial charge in [0.15, 0.2) is 0 Å². The molecule has 3 aromatic heterocycles. The van der Waals surface area contributed by atoms with Crippen molar-refractivity contribution >= 4 is 67.3 Å². The van der Waals surface area contributed by atoms with Crippen LogP contribution in [0.3, 0.4) is 0 Å². The molecule has 65 heavy (non-hydrogen) atoms. The topological polar surface area (TPSA) is 167 Å². The standard InChI is InChI=1S/C48H51Cl2N7O7S/c1-47(2)14-11-34(40(26-47)32-3-5-35(49)6-4-32)29-55-19-21-56(22-20-55)36-7-8-39(42(24-36)64-37-23-33-13-18-51-44(33)52-27-37)45(59)54-65(61,62)38-25-41(50)46(53-28-38)63-30-31-9-15-48(16-10-31)17-12-43(58)57(48)60/h3-8,13,18,23-25,27-28,31H,9-12,14-17,19-22,26,29-30H2,1-2H3,(H-,51,52,54,59)/p+1/t31-,48-. The minimum Gasteiger partial charge on any atom is -0.476 e. The first-order valence-corrected chi connectivity index (χ1v) is 24.4. The molecule has 2 saturated heterocycles. The Morgan fingerprint density at radius 2 is 1.71 bits per heavy atom. The number of pyridine rings is 2. The van der Waals surface area contributed by atoms with E-state index in [1.165, 1.54) is 22.8 Å². The van der Waals surface area contributed by atoms with E-state index in [1.54, 1.807) is 30.6 Å². The Hall–Kier alpha value is -5.35. The van der Waals surface area contributed by atoms with E-state index < -0.39 is 21.5 Å². The van der Waals surface area contributed by atoms with Crippen molar-refractivity contribution in [1.29, 1.82) is 0 Å². The number of ether oxygens (including phenoxy) is 2. The van der Waals surface area contributed by atoms with Crippen molar-refractivity contribution in [2.45, 2.75) is 82.1 Å². The molecule has 0 radical (unpaired) electrons. The summed E-state index contributed by atoms with van der Waals surface area (Å²) in [5, 5.41) is 1.50. The van der Waals surface area contributed by atoms with Gasteiger partial charge in [-0.25, -0.2) is 27.9 Å². The fourth-order valence-electron chi connectivity index (χ4n) is 9.72. The van der Waals surface area contributed by atoms with Crippen LogP contribution in [0.5, 0.6) is 17.4 Å². The predicted molar refractivity (Wildman–Crippen MR) is 249 cm³/mol. The molecule has 14 nitrogen and oxygen atoms in total. The van der Waals surface area contributed by atoms with Crippen LogP contribution in [0.4, 0.5) is 5.69 Å². The van der Waals surface area contributed by atoms with Gasteiger partial charge in [0.05, 0.1) is 35.7 Å². The first-order valence-electron chi connectivity index (χ1n) is 22.2. The number of H-pyrrole nitrogens is 1. The van der Waals surface area contributed by atoms with Gasteiger partial charge in [0.2, 0.25) is 11.4 Å². The number of carbonyl (C=O) groups is 2. The Balaban J connectivity index is 0.879. The molecule has 9 rings (SSSR count). The number of sulfonamides is 1. The number of rotatable bonds is 12. The van der Waals surface area contributed by atoms with Crippen LogP contribution in [-0.2, 0) is 14.8 Å². The van der Waals surface area contributed by atoms with E-state index in [4.69, 9.17) is 32.7 Å². The lowest BCUT2D eigenvalue weighted by molar-refractivity contribution is -0.543. The van der Waals surface area contributed by atoms with Crippen LogP contribution in [0.25, 0.3) is 16.6 Å². The van der Waals surface area contributed by atoms with Crippen molar-refractivity contribution in [1.82, 2.24) is 24.6 Å². The Morgan fingerprint density at radius 3 is 2.43 bits per heavy atom. The number of aromatic amines is 1. The minimum atomic E-state index is -4.46. The third-order valence-electron chi connectivity index (χ3n) is 13.6. The summed E-state index contributed by atoms with van der Waals surface area (Å²) in [6, 6.07) is 18.2. The third kappa shape index (κ3) is 9.79. The van der Waals surface area contributed by atoms with Gasteiger partial charge in [-0.1, -0.05) is 54.8 Å². The van der Waals surface area contributed by atoms with E-state index in [9.17, 15) is 22.9 Å². The van der Waals surface area contributed by atoms with Crippen LogP contribution in [0.1, 0.15) is 87.6 Å². The molecule has 1 saturated carbocycles.